The van der Waals surface area contributed by atoms with E-state index in [-0.39, 0.29) is 34.0 Å². The first kappa shape index (κ1) is 22.4. The number of carbonyl (C=O) groups excluding carboxylic acids is 1. The Morgan fingerprint density at radius 2 is 1.97 bits per heavy atom. The Hall–Kier alpha value is -3.27. The van der Waals surface area contributed by atoms with Crippen LogP contribution >= 0.6 is 15.9 Å². The Kier molecular flexibility index (Phi) is 6.69. The van der Waals surface area contributed by atoms with Gasteiger partial charge in [-0.25, -0.2) is 18.1 Å². The van der Waals surface area contributed by atoms with Gasteiger partial charge in [-0.1, -0.05) is 6.07 Å². The number of hydrogen-bond donors (Lipinski definition) is 1. The summed E-state index contributed by atoms with van der Waals surface area (Å²) >= 11 is 3.19. The second-order valence-electron chi connectivity index (χ2n) is 6.46. The summed E-state index contributed by atoms with van der Waals surface area (Å²) in [7, 11) is 2.83. The highest BCUT2D eigenvalue weighted by Crippen LogP contribution is 2.26. The maximum atomic E-state index is 13.9. The summed E-state index contributed by atoms with van der Waals surface area (Å²) in [5.41, 5.74) is 0.981. The number of aromatic nitrogens is 2. The van der Waals surface area contributed by atoms with Gasteiger partial charge in [0.1, 0.15) is 22.7 Å². The molecule has 0 aliphatic rings. The van der Waals surface area contributed by atoms with Gasteiger partial charge in [0.25, 0.3) is 5.56 Å². The minimum absolute atomic E-state index is 0.00288. The smallest absolute Gasteiger partial charge is 0.337 e. The zero-order valence-corrected chi connectivity index (χ0v) is 18.4. The van der Waals surface area contributed by atoms with Crippen molar-refractivity contribution in [3.63, 3.8) is 0 Å². The zero-order chi connectivity index (χ0) is 22.7. The first-order valence-electron chi connectivity index (χ1n) is 9.03. The average Bonchev–Trinajstić information content (AvgIpc) is 2.75. The minimum atomic E-state index is -0.770. The molecule has 0 spiro atoms. The van der Waals surface area contributed by atoms with Crippen LogP contribution in [-0.2, 0) is 11.3 Å². The van der Waals surface area contributed by atoms with Gasteiger partial charge in [-0.2, -0.15) is 4.98 Å². The van der Waals surface area contributed by atoms with E-state index in [4.69, 9.17) is 9.47 Å². The molecule has 10 heteroatoms. The topological polar surface area (TPSA) is 82.5 Å². The van der Waals surface area contributed by atoms with Crippen LogP contribution in [0, 0.1) is 18.6 Å². The molecule has 0 unspecified atom stereocenters. The quantitative estimate of drug-likeness (QED) is 0.522. The molecule has 2 aromatic carbocycles. The number of methoxy groups -OCH3 is 1. The zero-order valence-electron chi connectivity index (χ0n) is 16.8. The lowest BCUT2D eigenvalue weighted by molar-refractivity contribution is 0.0600. The largest absolute Gasteiger partial charge is 0.472 e. The predicted octanol–water partition coefficient (Wildman–Crippen LogP) is 3.99. The number of aryl methyl sites for hydroxylation is 1. The summed E-state index contributed by atoms with van der Waals surface area (Å²) in [5, 5.41) is 2.82. The third kappa shape index (κ3) is 4.58. The summed E-state index contributed by atoms with van der Waals surface area (Å²) in [6, 6.07) is 7.90. The van der Waals surface area contributed by atoms with E-state index < -0.39 is 23.2 Å². The van der Waals surface area contributed by atoms with E-state index >= 15 is 0 Å². The molecule has 7 nitrogen and oxygen atoms in total. The Labute approximate surface area is 184 Å². The molecule has 0 radical (unpaired) electrons. The molecule has 0 saturated heterocycles. The van der Waals surface area contributed by atoms with Crippen LogP contribution in [0.2, 0.25) is 0 Å². The first-order chi connectivity index (χ1) is 14.8. The summed E-state index contributed by atoms with van der Waals surface area (Å²) in [4.78, 5) is 29.3. The van der Waals surface area contributed by atoms with Crippen molar-refractivity contribution in [3.8, 4) is 11.6 Å². The number of hydrogen-bond acceptors (Lipinski definition) is 6. The number of carbonyl (C=O) groups is 1. The standard InChI is InChI=1S/C21H18BrF2N3O4/c1-11-4-5-12(20(29)30-3)8-16(11)27-19(28)17(22)18(26-21(27)25-2)31-10-13-6-7-14(23)9-15(13)24/h4-9H,10H2,1-3H3,(H,25,26). The molecule has 31 heavy (non-hydrogen) atoms. The first-order valence-corrected chi connectivity index (χ1v) is 9.82. The highest BCUT2D eigenvalue weighted by atomic mass is 79.9. The molecule has 3 aromatic rings. The van der Waals surface area contributed by atoms with Crippen LogP contribution < -0.4 is 15.6 Å². The Morgan fingerprint density at radius 3 is 2.61 bits per heavy atom. The fourth-order valence-electron chi connectivity index (χ4n) is 2.85. The van der Waals surface area contributed by atoms with Crippen LogP contribution in [0.1, 0.15) is 21.5 Å². The highest BCUT2D eigenvalue weighted by Gasteiger charge is 2.20. The third-order valence-corrected chi connectivity index (χ3v) is 5.15. The van der Waals surface area contributed by atoms with Crippen LogP contribution in [-0.4, -0.2) is 29.7 Å². The summed E-state index contributed by atoms with van der Waals surface area (Å²) in [6.45, 7) is 1.51. The number of ether oxygens (including phenoxy) is 2. The van der Waals surface area contributed by atoms with Gasteiger partial charge in [-0.3, -0.25) is 4.79 Å². The van der Waals surface area contributed by atoms with E-state index in [1.165, 1.54) is 23.8 Å². The summed E-state index contributed by atoms with van der Waals surface area (Å²) in [5.74, 6) is -1.96. The van der Waals surface area contributed by atoms with Gasteiger partial charge < -0.3 is 14.8 Å². The number of esters is 1. The molecule has 0 aliphatic carbocycles. The molecular weight excluding hydrogens is 476 g/mol. The van der Waals surface area contributed by atoms with Crippen LogP contribution in [0.25, 0.3) is 5.69 Å². The SMILES string of the molecule is CNc1nc(OCc2ccc(F)cc2F)c(Br)c(=O)n1-c1cc(C(=O)OC)ccc1C. The van der Waals surface area contributed by atoms with Gasteiger partial charge in [-0.05, 0) is 52.7 Å². The molecule has 162 valence electrons. The number of benzene rings is 2. The molecule has 0 bridgehead atoms. The van der Waals surface area contributed by atoms with Crippen LogP contribution in [0.4, 0.5) is 14.7 Å². The Bertz CT molecular complexity index is 1210. The second kappa shape index (κ2) is 9.25. The average molecular weight is 494 g/mol. The lowest BCUT2D eigenvalue weighted by atomic mass is 10.1. The minimum Gasteiger partial charge on any atom is -0.472 e. The van der Waals surface area contributed by atoms with Gasteiger partial charge in [0, 0.05) is 18.7 Å². The van der Waals surface area contributed by atoms with Crippen LogP contribution in [0.5, 0.6) is 5.88 Å². The fourth-order valence-corrected chi connectivity index (χ4v) is 3.23. The molecular formula is C21H18BrF2N3O4. The van der Waals surface area contributed by atoms with E-state index in [1.807, 2.05) is 0 Å². The molecule has 0 saturated carbocycles. The second-order valence-corrected chi connectivity index (χ2v) is 7.26. The van der Waals surface area contributed by atoms with Gasteiger partial charge >= 0.3 is 5.97 Å². The lowest BCUT2D eigenvalue weighted by Crippen LogP contribution is -2.25. The van der Waals surface area contributed by atoms with Crippen molar-refractivity contribution in [1.82, 2.24) is 9.55 Å². The van der Waals surface area contributed by atoms with E-state index in [1.54, 1.807) is 26.1 Å². The van der Waals surface area contributed by atoms with Crippen molar-refractivity contribution < 1.29 is 23.0 Å². The number of anilines is 1. The monoisotopic (exact) mass is 493 g/mol. The fraction of sp³-hybridized carbons (Fsp3) is 0.190. The van der Waals surface area contributed by atoms with Gasteiger partial charge in [0.15, 0.2) is 0 Å². The normalized spacial score (nSPS) is 10.6. The molecule has 1 N–H and O–H groups in total. The summed E-state index contributed by atoms with van der Waals surface area (Å²) in [6.07, 6.45) is 0. The maximum absolute atomic E-state index is 13.9. The highest BCUT2D eigenvalue weighted by molar-refractivity contribution is 9.10. The molecule has 1 heterocycles. The molecule has 1 aromatic heterocycles. The molecule has 0 amide bonds. The van der Waals surface area contributed by atoms with Crippen molar-refractivity contribution in [2.75, 3.05) is 19.5 Å². The summed E-state index contributed by atoms with van der Waals surface area (Å²) < 4.78 is 38.5. The Balaban J connectivity index is 2.04. The van der Waals surface area contributed by atoms with Crippen molar-refractivity contribution in [2.45, 2.75) is 13.5 Å². The number of halogens is 3. The molecule has 0 fully saturated rings. The van der Waals surface area contributed by atoms with E-state index in [2.05, 4.69) is 26.2 Å². The van der Waals surface area contributed by atoms with Gasteiger partial charge in [0.05, 0.1) is 18.4 Å². The number of rotatable bonds is 6. The number of nitrogens with one attached hydrogen (secondary N) is 1. The van der Waals surface area contributed by atoms with Crippen molar-refractivity contribution in [1.29, 1.82) is 0 Å². The molecule has 0 aliphatic heterocycles. The van der Waals surface area contributed by atoms with E-state index in [9.17, 15) is 18.4 Å². The molecule has 3 rings (SSSR count). The van der Waals surface area contributed by atoms with Crippen LogP contribution in [0.15, 0.2) is 45.7 Å². The van der Waals surface area contributed by atoms with E-state index in [0.29, 0.717) is 11.3 Å². The van der Waals surface area contributed by atoms with Crippen molar-refractivity contribution in [3.05, 3.63) is 79.5 Å². The number of nitrogens with zero attached hydrogens (tertiary/aromatic N) is 2. The lowest BCUT2D eigenvalue weighted by Gasteiger charge is -2.17. The maximum Gasteiger partial charge on any atom is 0.337 e. The Morgan fingerprint density at radius 1 is 1.23 bits per heavy atom. The van der Waals surface area contributed by atoms with Crippen LogP contribution in [0.3, 0.4) is 0 Å². The van der Waals surface area contributed by atoms with Crippen molar-refractivity contribution in [2.24, 2.45) is 0 Å². The van der Waals surface area contributed by atoms with E-state index in [0.717, 1.165) is 12.1 Å². The van der Waals surface area contributed by atoms with Gasteiger partial charge in [0.2, 0.25) is 11.8 Å². The third-order valence-electron chi connectivity index (χ3n) is 4.47. The predicted molar refractivity (Wildman–Crippen MR) is 114 cm³/mol. The molecule has 0 atom stereocenters. The van der Waals surface area contributed by atoms with Crippen molar-refractivity contribution >= 4 is 27.8 Å². The van der Waals surface area contributed by atoms with Gasteiger partial charge in [-0.15, -0.1) is 0 Å².